The molecule has 2 aromatic carbocycles. The second kappa shape index (κ2) is 5.33. The van der Waals surface area contributed by atoms with Gasteiger partial charge in [0.2, 0.25) is 0 Å². The van der Waals surface area contributed by atoms with Crippen molar-refractivity contribution in [2.45, 2.75) is 12.5 Å². The number of aliphatic hydroxyl groups excluding tert-OH is 1. The molecule has 1 N–H and O–H groups in total. The van der Waals surface area contributed by atoms with E-state index in [1.807, 2.05) is 48.5 Å². The molecule has 19 heavy (non-hydrogen) atoms. The normalized spacial score (nSPS) is 15.6. The molecule has 0 aliphatic carbocycles. The van der Waals surface area contributed by atoms with E-state index in [2.05, 4.69) is 0 Å². The van der Waals surface area contributed by atoms with E-state index in [0.29, 0.717) is 19.0 Å². The van der Waals surface area contributed by atoms with E-state index >= 15 is 0 Å². The van der Waals surface area contributed by atoms with Crippen LogP contribution >= 0.6 is 0 Å². The maximum atomic E-state index is 10.4. The summed E-state index contributed by atoms with van der Waals surface area (Å²) in [5.41, 5.74) is 1.69. The maximum absolute atomic E-state index is 10.4. The Kier molecular flexibility index (Phi) is 3.38. The molecule has 0 amide bonds. The van der Waals surface area contributed by atoms with Crippen LogP contribution in [0.2, 0.25) is 0 Å². The van der Waals surface area contributed by atoms with Gasteiger partial charge in [-0.05, 0) is 23.3 Å². The summed E-state index contributed by atoms with van der Waals surface area (Å²) in [5.74, 6) is 1.46. The number of hydrogen-bond donors (Lipinski definition) is 1. The number of fused-ring (bicyclic) bond motifs is 1. The molecule has 0 fully saturated rings. The second-order valence-corrected chi connectivity index (χ2v) is 4.57. The van der Waals surface area contributed by atoms with Gasteiger partial charge in [-0.3, -0.25) is 0 Å². The minimum atomic E-state index is -0.640. The van der Waals surface area contributed by atoms with Crippen molar-refractivity contribution < 1.29 is 14.6 Å². The van der Waals surface area contributed by atoms with Crippen molar-refractivity contribution in [1.82, 2.24) is 0 Å². The molecule has 3 rings (SSSR count). The van der Waals surface area contributed by atoms with Gasteiger partial charge in [0, 0.05) is 6.42 Å². The quantitative estimate of drug-likeness (QED) is 0.897. The monoisotopic (exact) mass is 256 g/mol. The zero-order valence-electron chi connectivity index (χ0n) is 10.6. The summed E-state index contributed by atoms with van der Waals surface area (Å²) in [6.07, 6.45) is 0.240. The lowest BCUT2D eigenvalue weighted by molar-refractivity contribution is 0.219. The molecule has 98 valence electrons. The third-order valence-electron chi connectivity index (χ3n) is 3.20. The van der Waals surface area contributed by atoms with Crippen molar-refractivity contribution in [1.29, 1.82) is 0 Å². The van der Waals surface area contributed by atoms with Gasteiger partial charge in [0.15, 0.2) is 11.5 Å². The first-order valence-electron chi connectivity index (χ1n) is 6.47. The Bertz CT molecular complexity index is 551. The second-order valence-electron chi connectivity index (χ2n) is 4.57. The Morgan fingerprint density at radius 1 is 0.842 bits per heavy atom. The Hall–Kier alpha value is -2.00. The first-order chi connectivity index (χ1) is 9.34. The minimum absolute atomic E-state index is 0.640. The molecule has 0 bridgehead atoms. The highest BCUT2D eigenvalue weighted by molar-refractivity contribution is 5.45. The molecule has 1 aliphatic rings. The molecule has 1 atom stereocenters. The average molecular weight is 256 g/mol. The molecule has 2 aromatic rings. The van der Waals surface area contributed by atoms with Crippen LogP contribution in [0.15, 0.2) is 48.5 Å². The highest BCUT2D eigenvalue weighted by Gasteiger charge is 2.15. The lowest BCUT2D eigenvalue weighted by Gasteiger charge is -2.14. The standard InChI is InChI=1S/C16H16O3/c17-16(12-5-2-1-3-6-12)13-7-8-14-15(11-13)19-10-4-9-18-14/h1-3,5-8,11,16-17H,4,9-10H2/t16-/m0/s1. The molecule has 1 heterocycles. The van der Waals surface area contributed by atoms with Gasteiger partial charge in [-0.1, -0.05) is 36.4 Å². The van der Waals surface area contributed by atoms with Crippen molar-refractivity contribution in [2.75, 3.05) is 13.2 Å². The summed E-state index contributed by atoms with van der Waals surface area (Å²) in [5, 5.41) is 10.4. The molecule has 0 saturated carbocycles. The smallest absolute Gasteiger partial charge is 0.161 e. The highest BCUT2D eigenvalue weighted by atomic mass is 16.5. The van der Waals surface area contributed by atoms with E-state index in [-0.39, 0.29) is 0 Å². The number of ether oxygens (including phenoxy) is 2. The van der Waals surface area contributed by atoms with Crippen molar-refractivity contribution in [3.63, 3.8) is 0 Å². The van der Waals surface area contributed by atoms with Gasteiger partial charge in [0.1, 0.15) is 6.10 Å². The number of aliphatic hydroxyl groups is 1. The fraction of sp³-hybridized carbons (Fsp3) is 0.250. The van der Waals surface area contributed by atoms with Crippen LogP contribution in [0.4, 0.5) is 0 Å². The van der Waals surface area contributed by atoms with Gasteiger partial charge in [0.05, 0.1) is 13.2 Å². The summed E-state index contributed by atoms with van der Waals surface area (Å²) >= 11 is 0. The van der Waals surface area contributed by atoms with Crippen LogP contribution in [-0.4, -0.2) is 18.3 Å². The number of rotatable bonds is 2. The Labute approximate surface area is 112 Å². The molecule has 0 spiro atoms. The third kappa shape index (κ3) is 2.56. The van der Waals surface area contributed by atoms with Gasteiger partial charge in [-0.15, -0.1) is 0 Å². The van der Waals surface area contributed by atoms with Crippen LogP contribution < -0.4 is 9.47 Å². The average Bonchev–Trinajstić information content (AvgIpc) is 2.72. The van der Waals surface area contributed by atoms with E-state index in [1.54, 1.807) is 0 Å². The minimum Gasteiger partial charge on any atom is -0.490 e. The van der Waals surface area contributed by atoms with Gasteiger partial charge < -0.3 is 14.6 Å². The van der Waals surface area contributed by atoms with Gasteiger partial charge in [-0.25, -0.2) is 0 Å². The molecule has 0 saturated heterocycles. The molecular formula is C16H16O3. The fourth-order valence-electron chi connectivity index (χ4n) is 2.18. The Balaban J connectivity index is 1.91. The highest BCUT2D eigenvalue weighted by Crippen LogP contribution is 2.33. The zero-order valence-corrected chi connectivity index (χ0v) is 10.6. The zero-order chi connectivity index (χ0) is 13.1. The lowest BCUT2D eigenvalue weighted by atomic mass is 10.0. The number of benzene rings is 2. The van der Waals surface area contributed by atoms with Crippen molar-refractivity contribution in [3.05, 3.63) is 59.7 Å². The Morgan fingerprint density at radius 2 is 1.58 bits per heavy atom. The molecule has 3 heteroatoms. The van der Waals surface area contributed by atoms with Crippen molar-refractivity contribution >= 4 is 0 Å². The third-order valence-corrected chi connectivity index (χ3v) is 3.20. The van der Waals surface area contributed by atoms with Crippen LogP contribution in [0.3, 0.4) is 0 Å². The van der Waals surface area contributed by atoms with Gasteiger partial charge in [-0.2, -0.15) is 0 Å². The first-order valence-corrected chi connectivity index (χ1v) is 6.47. The molecular weight excluding hydrogens is 240 g/mol. The number of hydrogen-bond acceptors (Lipinski definition) is 3. The molecule has 3 nitrogen and oxygen atoms in total. The van der Waals surface area contributed by atoms with Crippen LogP contribution in [0.1, 0.15) is 23.7 Å². The maximum Gasteiger partial charge on any atom is 0.161 e. The Morgan fingerprint density at radius 3 is 2.37 bits per heavy atom. The van der Waals surface area contributed by atoms with E-state index in [0.717, 1.165) is 23.3 Å². The summed E-state index contributed by atoms with van der Waals surface area (Å²) in [4.78, 5) is 0. The van der Waals surface area contributed by atoms with Crippen LogP contribution in [0.25, 0.3) is 0 Å². The van der Waals surface area contributed by atoms with Crippen molar-refractivity contribution in [3.8, 4) is 11.5 Å². The van der Waals surface area contributed by atoms with E-state index in [1.165, 1.54) is 0 Å². The predicted octanol–water partition coefficient (Wildman–Crippen LogP) is 2.93. The van der Waals surface area contributed by atoms with E-state index in [4.69, 9.17) is 9.47 Å². The largest absolute Gasteiger partial charge is 0.490 e. The van der Waals surface area contributed by atoms with Crippen LogP contribution in [0, 0.1) is 0 Å². The van der Waals surface area contributed by atoms with Crippen molar-refractivity contribution in [2.24, 2.45) is 0 Å². The summed E-state index contributed by atoms with van der Waals surface area (Å²) in [6.45, 7) is 1.32. The molecule has 0 aromatic heterocycles. The van der Waals surface area contributed by atoms with Crippen LogP contribution in [-0.2, 0) is 0 Å². The summed E-state index contributed by atoms with van der Waals surface area (Å²) < 4.78 is 11.2. The fourth-order valence-corrected chi connectivity index (χ4v) is 2.18. The SMILES string of the molecule is O[C@@H](c1ccccc1)c1ccc2c(c1)OCCCO2. The predicted molar refractivity (Wildman–Crippen MR) is 72.6 cm³/mol. The molecule has 0 unspecified atom stereocenters. The molecule has 0 radical (unpaired) electrons. The molecule has 1 aliphatic heterocycles. The van der Waals surface area contributed by atoms with E-state index < -0.39 is 6.10 Å². The van der Waals surface area contributed by atoms with E-state index in [9.17, 15) is 5.11 Å². The summed E-state index contributed by atoms with van der Waals surface area (Å²) in [7, 11) is 0. The van der Waals surface area contributed by atoms with Crippen LogP contribution in [0.5, 0.6) is 11.5 Å². The van der Waals surface area contributed by atoms with Gasteiger partial charge >= 0.3 is 0 Å². The van der Waals surface area contributed by atoms with Gasteiger partial charge in [0.25, 0.3) is 0 Å². The lowest BCUT2D eigenvalue weighted by Crippen LogP contribution is -2.00. The summed E-state index contributed by atoms with van der Waals surface area (Å²) in [6, 6.07) is 15.2. The topological polar surface area (TPSA) is 38.7 Å². The first kappa shape index (κ1) is 12.1.